The van der Waals surface area contributed by atoms with Gasteiger partial charge in [0.15, 0.2) is 0 Å². The molecule has 0 aliphatic carbocycles. The first-order chi connectivity index (χ1) is 11.3. The molecular formula is C19H23BrClFN2. The fourth-order valence-electron chi connectivity index (χ4n) is 2.64. The van der Waals surface area contributed by atoms with E-state index in [9.17, 15) is 4.39 Å². The number of rotatable bonds is 7. The molecule has 2 aromatic carbocycles. The lowest BCUT2D eigenvalue weighted by Gasteiger charge is -2.32. The molecule has 0 aromatic heterocycles. The van der Waals surface area contributed by atoms with Crippen molar-refractivity contribution in [2.45, 2.75) is 26.9 Å². The Morgan fingerprint density at radius 2 is 1.88 bits per heavy atom. The van der Waals surface area contributed by atoms with Crippen molar-refractivity contribution in [1.29, 1.82) is 0 Å². The van der Waals surface area contributed by atoms with Crippen LogP contribution in [0.1, 0.15) is 25.0 Å². The van der Waals surface area contributed by atoms with Gasteiger partial charge in [0.1, 0.15) is 5.82 Å². The minimum atomic E-state index is -0.271. The first-order valence-corrected chi connectivity index (χ1v) is 9.07. The van der Waals surface area contributed by atoms with E-state index in [1.807, 2.05) is 12.1 Å². The molecule has 0 spiro atoms. The quantitative estimate of drug-likeness (QED) is 0.673. The van der Waals surface area contributed by atoms with Crippen molar-refractivity contribution >= 4 is 27.5 Å². The van der Waals surface area contributed by atoms with E-state index in [4.69, 9.17) is 17.3 Å². The molecule has 130 valence electrons. The van der Waals surface area contributed by atoms with Gasteiger partial charge in [-0.25, -0.2) is 4.39 Å². The molecule has 0 saturated heterocycles. The molecule has 2 nitrogen and oxygen atoms in total. The summed E-state index contributed by atoms with van der Waals surface area (Å²) in [4.78, 5) is 2.19. The van der Waals surface area contributed by atoms with Crippen LogP contribution in [0.3, 0.4) is 0 Å². The third-order valence-corrected chi connectivity index (χ3v) is 4.79. The van der Waals surface area contributed by atoms with E-state index >= 15 is 0 Å². The van der Waals surface area contributed by atoms with Crippen LogP contribution in [0.4, 0.5) is 4.39 Å². The second kappa shape index (κ2) is 8.43. The molecular weight excluding hydrogens is 391 g/mol. The summed E-state index contributed by atoms with van der Waals surface area (Å²) in [6.07, 6.45) is 0. The summed E-state index contributed by atoms with van der Waals surface area (Å²) >= 11 is 9.71. The van der Waals surface area contributed by atoms with Crippen LogP contribution in [0, 0.1) is 11.2 Å². The Morgan fingerprint density at radius 1 is 1.17 bits per heavy atom. The zero-order valence-corrected chi connectivity index (χ0v) is 16.4. The smallest absolute Gasteiger partial charge is 0.129 e. The maximum atomic E-state index is 14.2. The predicted octanol–water partition coefficient (Wildman–Crippen LogP) is 5.23. The number of benzene rings is 2. The summed E-state index contributed by atoms with van der Waals surface area (Å²) in [5.74, 6) is -0.271. The van der Waals surface area contributed by atoms with Gasteiger partial charge in [0.25, 0.3) is 0 Å². The second-order valence-electron chi connectivity index (χ2n) is 6.84. The van der Waals surface area contributed by atoms with E-state index in [0.29, 0.717) is 30.2 Å². The lowest BCUT2D eigenvalue weighted by atomic mass is 9.92. The van der Waals surface area contributed by atoms with Gasteiger partial charge in [-0.15, -0.1) is 0 Å². The van der Waals surface area contributed by atoms with Gasteiger partial charge in [0.2, 0.25) is 0 Å². The van der Waals surface area contributed by atoms with Crippen molar-refractivity contribution in [3.8, 4) is 0 Å². The van der Waals surface area contributed by atoms with Crippen LogP contribution in [0.15, 0.2) is 46.9 Å². The van der Waals surface area contributed by atoms with Gasteiger partial charge in [0.05, 0.1) is 0 Å². The SMILES string of the molecule is CC(C)(CN)CN(Cc1cccc(Br)c1)Cc1c(F)cccc1Cl. The van der Waals surface area contributed by atoms with E-state index in [1.54, 1.807) is 12.1 Å². The third kappa shape index (κ3) is 5.55. The average Bonchev–Trinajstić information content (AvgIpc) is 2.51. The Bertz CT molecular complexity index is 671. The van der Waals surface area contributed by atoms with E-state index in [1.165, 1.54) is 6.07 Å². The Kier molecular flexibility index (Phi) is 6.81. The molecule has 0 saturated carbocycles. The summed E-state index contributed by atoms with van der Waals surface area (Å²) in [7, 11) is 0. The lowest BCUT2D eigenvalue weighted by Crippen LogP contribution is -2.38. The highest BCUT2D eigenvalue weighted by molar-refractivity contribution is 9.10. The Morgan fingerprint density at radius 3 is 2.50 bits per heavy atom. The van der Waals surface area contributed by atoms with Crippen molar-refractivity contribution in [2.24, 2.45) is 11.1 Å². The standard InChI is InChI=1S/C19H23BrClFN2/c1-19(2,12-23)13-24(10-14-5-3-6-15(20)9-14)11-16-17(21)7-4-8-18(16)22/h3-9H,10-13,23H2,1-2H3. The van der Waals surface area contributed by atoms with Gasteiger partial charge in [-0.05, 0) is 41.8 Å². The Balaban J connectivity index is 2.25. The summed E-state index contributed by atoms with van der Waals surface area (Å²) in [6, 6.07) is 12.9. The van der Waals surface area contributed by atoms with Gasteiger partial charge in [-0.1, -0.05) is 59.6 Å². The van der Waals surface area contributed by atoms with Crippen LogP contribution in [0.2, 0.25) is 5.02 Å². The summed E-state index contributed by atoms with van der Waals surface area (Å²) in [5, 5.41) is 0.458. The van der Waals surface area contributed by atoms with E-state index in [2.05, 4.69) is 46.8 Å². The van der Waals surface area contributed by atoms with Crippen LogP contribution < -0.4 is 5.73 Å². The molecule has 2 aromatic rings. The number of hydrogen-bond donors (Lipinski definition) is 1. The summed E-state index contributed by atoms with van der Waals surface area (Å²) in [5.41, 5.74) is 7.51. The number of nitrogens with zero attached hydrogens (tertiary/aromatic N) is 1. The normalized spacial score (nSPS) is 12.0. The number of hydrogen-bond acceptors (Lipinski definition) is 2. The third-order valence-electron chi connectivity index (χ3n) is 3.94. The van der Waals surface area contributed by atoms with Crippen molar-refractivity contribution in [3.63, 3.8) is 0 Å². The molecule has 0 aliphatic heterocycles. The minimum Gasteiger partial charge on any atom is -0.330 e. The molecule has 0 heterocycles. The first kappa shape index (κ1) is 19.4. The molecule has 0 radical (unpaired) electrons. The van der Waals surface area contributed by atoms with Crippen molar-refractivity contribution in [3.05, 3.63) is 68.9 Å². The molecule has 5 heteroatoms. The monoisotopic (exact) mass is 412 g/mol. The maximum Gasteiger partial charge on any atom is 0.129 e. The highest BCUT2D eigenvalue weighted by atomic mass is 79.9. The molecule has 0 unspecified atom stereocenters. The highest BCUT2D eigenvalue weighted by Gasteiger charge is 2.22. The van der Waals surface area contributed by atoms with Crippen molar-refractivity contribution in [1.82, 2.24) is 4.90 Å². The summed E-state index contributed by atoms with van der Waals surface area (Å²) in [6.45, 7) is 6.69. The highest BCUT2D eigenvalue weighted by Crippen LogP contribution is 2.25. The van der Waals surface area contributed by atoms with Gasteiger partial charge in [-0.3, -0.25) is 4.90 Å². The molecule has 2 N–H and O–H groups in total. The minimum absolute atomic E-state index is 0.0657. The van der Waals surface area contributed by atoms with Gasteiger partial charge in [-0.2, -0.15) is 0 Å². The zero-order valence-electron chi connectivity index (χ0n) is 14.0. The van der Waals surface area contributed by atoms with Crippen LogP contribution in [-0.4, -0.2) is 18.0 Å². The predicted molar refractivity (Wildman–Crippen MR) is 103 cm³/mol. The van der Waals surface area contributed by atoms with Gasteiger partial charge in [0, 0.05) is 34.7 Å². The van der Waals surface area contributed by atoms with Gasteiger partial charge >= 0.3 is 0 Å². The number of halogens is 3. The molecule has 2 rings (SSSR count). The molecule has 0 amide bonds. The van der Waals surface area contributed by atoms with Crippen LogP contribution in [-0.2, 0) is 13.1 Å². The Labute approximate surface area is 156 Å². The van der Waals surface area contributed by atoms with Crippen LogP contribution in [0.5, 0.6) is 0 Å². The Hall–Kier alpha value is -0.940. The average molecular weight is 414 g/mol. The summed E-state index contributed by atoms with van der Waals surface area (Å²) < 4.78 is 15.2. The topological polar surface area (TPSA) is 29.3 Å². The van der Waals surface area contributed by atoms with Crippen LogP contribution in [0.25, 0.3) is 0 Å². The van der Waals surface area contributed by atoms with Crippen molar-refractivity contribution < 1.29 is 4.39 Å². The lowest BCUT2D eigenvalue weighted by molar-refractivity contribution is 0.167. The maximum absolute atomic E-state index is 14.2. The largest absolute Gasteiger partial charge is 0.330 e. The fraction of sp³-hybridized carbons (Fsp3) is 0.368. The molecule has 0 bridgehead atoms. The van der Waals surface area contributed by atoms with E-state index in [-0.39, 0.29) is 11.2 Å². The van der Waals surface area contributed by atoms with E-state index in [0.717, 1.165) is 16.6 Å². The van der Waals surface area contributed by atoms with Crippen LogP contribution >= 0.6 is 27.5 Å². The molecule has 0 aliphatic rings. The molecule has 0 atom stereocenters. The van der Waals surface area contributed by atoms with Crippen molar-refractivity contribution in [2.75, 3.05) is 13.1 Å². The molecule has 24 heavy (non-hydrogen) atoms. The number of nitrogens with two attached hydrogens (primary N) is 1. The zero-order chi connectivity index (χ0) is 17.7. The molecule has 0 fully saturated rings. The second-order valence-corrected chi connectivity index (χ2v) is 8.17. The van der Waals surface area contributed by atoms with Gasteiger partial charge < -0.3 is 5.73 Å². The fourth-order valence-corrected chi connectivity index (χ4v) is 3.31. The van der Waals surface area contributed by atoms with E-state index < -0.39 is 0 Å². The first-order valence-electron chi connectivity index (χ1n) is 7.90.